The quantitative estimate of drug-likeness (QED) is 0.768. The fourth-order valence-electron chi connectivity index (χ4n) is 2.40. The summed E-state index contributed by atoms with van der Waals surface area (Å²) in [5, 5.41) is 5.75. The van der Waals surface area contributed by atoms with Crippen molar-refractivity contribution < 1.29 is 0 Å². The van der Waals surface area contributed by atoms with Gasteiger partial charge >= 0.3 is 0 Å². The molecule has 0 spiro atoms. The van der Waals surface area contributed by atoms with Crippen LogP contribution >= 0.6 is 11.3 Å². The van der Waals surface area contributed by atoms with Gasteiger partial charge in [0.05, 0.1) is 0 Å². The van der Waals surface area contributed by atoms with E-state index in [0.717, 1.165) is 18.9 Å². The van der Waals surface area contributed by atoms with Gasteiger partial charge in [0.1, 0.15) is 0 Å². The van der Waals surface area contributed by atoms with Gasteiger partial charge in [0, 0.05) is 17.5 Å². The lowest BCUT2D eigenvalue weighted by Gasteiger charge is -2.15. The molecule has 0 aliphatic heterocycles. The molecule has 0 saturated heterocycles. The highest BCUT2D eigenvalue weighted by molar-refractivity contribution is 7.09. The summed E-state index contributed by atoms with van der Waals surface area (Å²) in [4.78, 5) is 1.46. The molecule has 0 amide bonds. The van der Waals surface area contributed by atoms with E-state index in [-0.39, 0.29) is 0 Å². The first-order valence-electron chi connectivity index (χ1n) is 7.49. The van der Waals surface area contributed by atoms with Crippen LogP contribution in [0.1, 0.15) is 42.8 Å². The van der Waals surface area contributed by atoms with E-state index in [1.165, 1.54) is 22.4 Å². The van der Waals surface area contributed by atoms with Crippen LogP contribution in [0.3, 0.4) is 0 Å². The average Bonchev–Trinajstić information content (AvgIpc) is 2.92. The monoisotopic (exact) mass is 287 g/mol. The molecule has 1 atom stereocenters. The molecule has 0 aliphatic carbocycles. The molecule has 0 aliphatic rings. The highest BCUT2D eigenvalue weighted by atomic mass is 32.1. The Labute approximate surface area is 127 Å². The highest BCUT2D eigenvalue weighted by Gasteiger charge is 2.05. The van der Waals surface area contributed by atoms with E-state index < -0.39 is 0 Å². The molecule has 108 valence electrons. The lowest BCUT2D eigenvalue weighted by atomic mass is 10.00. The first-order valence-corrected chi connectivity index (χ1v) is 8.37. The van der Waals surface area contributed by atoms with Gasteiger partial charge in [0.15, 0.2) is 0 Å². The van der Waals surface area contributed by atoms with Crippen LogP contribution in [0.5, 0.6) is 0 Å². The van der Waals surface area contributed by atoms with Gasteiger partial charge in [-0.25, -0.2) is 0 Å². The molecular weight excluding hydrogens is 262 g/mol. The summed E-state index contributed by atoms with van der Waals surface area (Å²) in [6, 6.07) is 13.8. The van der Waals surface area contributed by atoms with Gasteiger partial charge in [-0.05, 0) is 48.3 Å². The van der Waals surface area contributed by atoms with Crippen LogP contribution in [-0.2, 0) is 12.8 Å². The summed E-state index contributed by atoms with van der Waals surface area (Å²) in [5.74, 6) is 0.724. The number of hydrogen-bond acceptors (Lipinski definition) is 2. The number of nitrogens with one attached hydrogen (secondary N) is 1. The molecule has 0 bridgehead atoms. The van der Waals surface area contributed by atoms with Crippen molar-refractivity contribution >= 4 is 11.3 Å². The zero-order valence-electron chi connectivity index (χ0n) is 12.7. The van der Waals surface area contributed by atoms with Gasteiger partial charge in [0.2, 0.25) is 0 Å². The normalized spacial score (nSPS) is 12.8. The van der Waals surface area contributed by atoms with Crippen LogP contribution in [0, 0.1) is 5.92 Å². The zero-order chi connectivity index (χ0) is 14.4. The molecule has 2 aromatic rings. The Morgan fingerprint density at radius 2 is 1.80 bits per heavy atom. The van der Waals surface area contributed by atoms with Crippen LogP contribution in [0.4, 0.5) is 0 Å². The van der Waals surface area contributed by atoms with E-state index in [1.54, 1.807) is 0 Å². The van der Waals surface area contributed by atoms with Gasteiger partial charge in [-0.1, -0.05) is 44.2 Å². The second kappa shape index (κ2) is 7.61. The predicted octanol–water partition coefficient (Wildman–Crippen LogP) is 4.84. The molecular formula is C18H25NS. The lowest BCUT2D eigenvalue weighted by molar-refractivity contribution is 0.578. The Balaban J connectivity index is 1.81. The van der Waals surface area contributed by atoms with Crippen LogP contribution in [0.2, 0.25) is 0 Å². The van der Waals surface area contributed by atoms with E-state index in [2.05, 4.69) is 67.9 Å². The van der Waals surface area contributed by atoms with Crippen molar-refractivity contribution in [3.05, 3.63) is 57.8 Å². The summed E-state index contributed by atoms with van der Waals surface area (Å²) >= 11 is 1.84. The standard InChI is InChI=1S/C18H25NS/c1-14(2)13-16-6-8-17(9-7-16)15(3)19-11-10-18-5-4-12-20-18/h4-9,12,14-15,19H,10-11,13H2,1-3H3. The third-order valence-electron chi connectivity index (χ3n) is 3.53. The van der Waals surface area contributed by atoms with Gasteiger partial charge < -0.3 is 5.32 Å². The number of rotatable bonds is 7. The molecule has 2 heteroatoms. The summed E-state index contributed by atoms with van der Waals surface area (Å²) in [7, 11) is 0. The van der Waals surface area contributed by atoms with Crippen molar-refractivity contribution in [2.75, 3.05) is 6.54 Å². The molecule has 1 nitrogen and oxygen atoms in total. The maximum atomic E-state index is 3.60. The second-order valence-corrected chi connectivity index (χ2v) is 6.88. The van der Waals surface area contributed by atoms with Crippen molar-refractivity contribution in [2.45, 2.75) is 39.7 Å². The Hall–Kier alpha value is -1.12. The molecule has 1 heterocycles. The smallest absolute Gasteiger partial charge is 0.0291 e. The Morgan fingerprint density at radius 1 is 1.05 bits per heavy atom. The first-order chi connectivity index (χ1) is 9.65. The molecule has 1 aromatic heterocycles. The number of hydrogen-bond donors (Lipinski definition) is 1. The minimum atomic E-state index is 0.420. The summed E-state index contributed by atoms with van der Waals surface area (Å²) in [5.41, 5.74) is 2.82. The Bertz CT molecular complexity index is 485. The van der Waals surface area contributed by atoms with Crippen LogP contribution in [-0.4, -0.2) is 6.54 Å². The molecule has 1 aromatic carbocycles. The molecule has 2 rings (SSSR count). The minimum Gasteiger partial charge on any atom is -0.310 e. The summed E-state index contributed by atoms with van der Waals surface area (Å²) in [6.07, 6.45) is 2.29. The van der Waals surface area contributed by atoms with Crippen molar-refractivity contribution in [2.24, 2.45) is 5.92 Å². The SMILES string of the molecule is CC(C)Cc1ccc(C(C)NCCc2cccs2)cc1. The van der Waals surface area contributed by atoms with Gasteiger partial charge in [-0.15, -0.1) is 11.3 Å². The third-order valence-corrected chi connectivity index (χ3v) is 4.46. The van der Waals surface area contributed by atoms with E-state index in [0.29, 0.717) is 6.04 Å². The average molecular weight is 287 g/mol. The van der Waals surface area contributed by atoms with E-state index >= 15 is 0 Å². The topological polar surface area (TPSA) is 12.0 Å². The van der Waals surface area contributed by atoms with Gasteiger partial charge in [0.25, 0.3) is 0 Å². The Morgan fingerprint density at radius 3 is 2.40 bits per heavy atom. The summed E-state index contributed by atoms with van der Waals surface area (Å²) in [6.45, 7) is 7.81. The fourth-order valence-corrected chi connectivity index (χ4v) is 3.11. The second-order valence-electron chi connectivity index (χ2n) is 5.84. The Kier molecular flexibility index (Phi) is 5.81. The lowest BCUT2D eigenvalue weighted by Crippen LogP contribution is -2.21. The van der Waals surface area contributed by atoms with E-state index in [9.17, 15) is 0 Å². The van der Waals surface area contributed by atoms with Gasteiger partial charge in [-0.2, -0.15) is 0 Å². The van der Waals surface area contributed by atoms with Crippen molar-refractivity contribution in [1.29, 1.82) is 0 Å². The molecule has 0 saturated carbocycles. The predicted molar refractivity (Wildman–Crippen MR) is 89.4 cm³/mol. The van der Waals surface area contributed by atoms with Crippen molar-refractivity contribution in [3.63, 3.8) is 0 Å². The number of benzene rings is 1. The third kappa shape index (κ3) is 4.77. The van der Waals surface area contributed by atoms with Crippen molar-refractivity contribution in [3.8, 4) is 0 Å². The molecule has 1 N–H and O–H groups in total. The molecule has 20 heavy (non-hydrogen) atoms. The molecule has 1 unspecified atom stereocenters. The summed E-state index contributed by atoms with van der Waals surface area (Å²) < 4.78 is 0. The molecule has 0 fully saturated rings. The van der Waals surface area contributed by atoms with Crippen LogP contribution in [0.25, 0.3) is 0 Å². The largest absolute Gasteiger partial charge is 0.310 e. The zero-order valence-corrected chi connectivity index (χ0v) is 13.5. The number of thiophene rings is 1. The first kappa shape index (κ1) is 15.3. The van der Waals surface area contributed by atoms with E-state index in [1.807, 2.05) is 11.3 Å². The van der Waals surface area contributed by atoms with Gasteiger partial charge in [-0.3, -0.25) is 0 Å². The fraction of sp³-hybridized carbons (Fsp3) is 0.444. The van der Waals surface area contributed by atoms with Crippen molar-refractivity contribution in [1.82, 2.24) is 5.32 Å². The van der Waals surface area contributed by atoms with Crippen LogP contribution < -0.4 is 5.32 Å². The maximum Gasteiger partial charge on any atom is 0.0291 e. The van der Waals surface area contributed by atoms with Crippen LogP contribution in [0.15, 0.2) is 41.8 Å². The minimum absolute atomic E-state index is 0.420. The maximum absolute atomic E-state index is 3.60. The molecule has 0 radical (unpaired) electrons. The highest BCUT2D eigenvalue weighted by Crippen LogP contribution is 2.16. The van der Waals surface area contributed by atoms with E-state index in [4.69, 9.17) is 0 Å².